The molecule has 0 unspecified atom stereocenters. The van der Waals surface area contributed by atoms with Crippen LogP contribution in [0, 0.1) is 0 Å². The van der Waals surface area contributed by atoms with Crippen molar-refractivity contribution in [3.8, 4) is 0 Å². The highest BCUT2D eigenvalue weighted by Gasteiger charge is 2.23. The summed E-state index contributed by atoms with van der Waals surface area (Å²) in [7, 11) is 0. The number of amides is 2. The molecule has 2 heterocycles. The smallest absolute Gasteiger partial charge is 0.254 e. The van der Waals surface area contributed by atoms with Gasteiger partial charge in [-0.25, -0.2) is 0 Å². The van der Waals surface area contributed by atoms with E-state index in [1.165, 1.54) is 11.1 Å². The number of hydrogen-bond acceptors (Lipinski definition) is 4. The molecule has 0 aliphatic carbocycles. The zero-order chi connectivity index (χ0) is 25.1. The number of fused-ring (bicyclic) bond motifs is 2. The van der Waals surface area contributed by atoms with E-state index in [1.807, 2.05) is 41.3 Å². The molecule has 3 aromatic rings. The molecule has 0 aromatic heterocycles. The lowest BCUT2D eigenvalue weighted by Gasteiger charge is -2.30. The van der Waals surface area contributed by atoms with Crippen LogP contribution in [0.5, 0.6) is 0 Å². The molecular weight excluding hydrogens is 554 g/mol. The summed E-state index contributed by atoms with van der Waals surface area (Å²) in [5.41, 5.74) is 6.10. The van der Waals surface area contributed by atoms with Gasteiger partial charge in [-0.3, -0.25) is 14.5 Å². The Hall–Kier alpha value is -2.71. The molecule has 194 valence electrons. The van der Waals surface area contributed by atoms with Crippen LogP contribution in [0.3, 0.4) is 0 Å². The van der Waals surface area contributed by atoms with Gasteiger partial charge in [0.1, 0.15) is 0 Å². The standard InChI is InChI=1S/C29H30BrN3O3.ClH/c30-26-9-7-21(8-10-26)29(36)33-14-12-22-15-23(5-6-25(22)18-33)28(35)31-16-27(34)19-32-13-11-20-3-1-2-4-24(20)17-32;/h1-10,15,27,34H,11-14,16-19H2,(H,31,35);1H/t27-;/m0./s1. The number of nitrogens with zero attached hydrogens (tertiary/aromatic N) is 2. The molecule has 5 rings (SSSR count). The van der Waals surface area contributed by atoms with Crippen LogP contribution in [-0.2, 0) is 25.9 Å². The predicted molar refractivity (Wildman–Crippen MR) is 150 cm³/mol. The van der Waals surface area contributed by atoms with Gasteiger partial charge in [0.15, 0.2) is 0 Å². The normalized spacial score (nSPS) is 15.7. The van der Waals surface area contributed by atoms with E-state index in [-0.39, 0.29) is 30.8 Å². The monoisotopic (exact) mass is 583 g/mol. The van der Waals surface area contributed by atoms with E-state index in [0.717, 1.165) is 35.1 Å². The molecule has 37 heavy (non-hydrogen) atoms. The van der Waals surface area contributed by atoms with E-state index in [2.05, 4.69) is 50.4 Å². The van der Waals surface area contributed by atoms with Gasteiger partial charge in [0.25, 0.3) is 11.8 Å². The zero-order valence-corrected chi connectivity index (χ0v) is 22.9. The van der Waals surface area contributed by atoms with Crippen LogP contribution >= 0.6 is 28.3 Å². The fraction of sp³-hybridized carbons (Fsp3) is 0.310. The van der Waals surface area contributed by atoms with Gasteiger partial charge >= 0.3 is 0 Å². The molecule has 8 heteroatoms. The van der Waals surface area contributed by atoms with E-state index in [4.69, 9.17) is 0 Å². The lowest BCUT2D eigenvalue weighted by Crippen LogP contribution is -2.42. The summed E-state index contributed by atoms with van der Waals surface area (Å²) in [6.07, 6.45) is 1.06. The fourth-order valence-electron chi connectivity index (χ4n) is 5.03. The van der Waals surface area contributed by atoms with Gasteiger partial charge in [-0.1, -0.05) is 46.3 Å². The number of rotatable bonds is 6. The van der Waals surface area contributed by atoms with Crippen LogP contribution in [0.4, 0.5) is 0 Å². The van der Waals surface area contributed by atoms with Crippen molar-refractivity contribution in [1.82, 2.24) is 15.1 Å². The minimum absolute atomic E-state index is 0. The Balaban J connectivity index is 0.00000320. The third-order valence-electron chi connectivity index (χ3n) is 7.04. The molecule has 2 aliphatic heterocycles. The van der Waals surface area contributed by atoms with Crippen molar-refractivity contribution in [1.29, 1.82) is 0 Å². The van der Waals surface area contributed by atoms with Crippen LogP contribution in [0.1, 0.15) is 43.0 Å². The number of hydrogen-bond donors (Lipinski definition) is 2. The van der Waals surface area contributed by atoms with Crippen LogP contribution in [0.25, 0.3) is 0 Å². The molecule has 0 fully saturated rings. The quantitative estimate of drug-likeness (QED) is 0.455. The Morgan fingerprint density at radius 3 is 2.32 bits per heavy atom. The second kappa shape index (κ2) is 12.2. The molecule has 0 spiro atoms. The van der Waals surface area contributed by atoms with Gasteiger partial charge in [0.05, 0.1) is 6.10 Å². The highest BCUT2D eigenvalue weighted by molar-refractivity contribution is 9.10. The average molecular weight is 585 g/mol. The number of β-amino-alcohol motifs (C(OH)–C–C–N with tert-alkyl or cyclic N) is 1. The minimum atomic E-state index is -0.630. The Morgan fingerprint density at radius 1 is 0.865 bits per heavy atom. The van der Waals surface area contributed by atoms with Crippen LogP contribution in [0.15, 0.2) is 71.2 Å². The largest absolute Gasteiger partial charge is 0.390 e. The number of benzene rings is 3. The summed E-state index contributed by atoms with van der Waals surface area (Å²) in [5, 5.41) is 13.4. The van der Waals surface area contributed by atoms with Gasteiger partial charge in [0, 0.05) is 54.9 Å². The molecule has 6 nitrogen and oxygen atoms in total. The molecule has 2 N–H and O–H groups in total. The Bertz CT molecular complexity index is 1270. The highest BCUT2D eigenvalue weighted by atomic mass is 79.9. The Labute approximate surface area is 232 Å². The molecule has 1 atom stereocenters. The number of aliphatic hydroxyl groups excluding tert-OH is 1. The second-order valence-corrected chi connectivity index (χ2v) is 10.5. The maximum absolute atomic E-state index is 12.9. The van der Waals surface area contributed by atoms with Crippen molar-refractivity contribution in [2.24, 2.45) is 0 Å². The minimum Gasteiger partial charge on any atom is -0.390 e. The fourth-order valence-corrected chi connectivity index (χ4v) is 5.29. The summed E-state index contributed by atoms with van der Waals surface area (Å²) < 4.78 is 0.943. The third kappa shape index (κ3) is 6.60. The first-order valence-corrected chi connectivity index (χ1v) is 13.2. The van der Waals surface area contributed by atoms with Crippen molar-refractivity contribution in [3.63, 3.8) is 0 Å². The van der Waals surface area contributed by atoms with Crippen molar-refractivity contribution in [2.75, 3.05) is 26.2 Å². The van der Waals surface area contributed by atoms with Crippen LogP contribution < -0.4 is 5.32 Å². The molecule has 3 aromatic carbocycles. The lowest BCUT2D eigenvalue weighted by molar-refractivity contribution is 0.0734. The van der Waals surface area contributed by atoms with E-state index >= 15 is 0 Å². The van der Waals surface area contributed by atoms with E-state index in [0.29, 0.717) is 37.2 Å². The van der Waals surface area contributed by atoms with E-state index < -0.39 is 6.10 Å². The van der Waals surface area contributed by atoms with Gasteiger partial charge < -0.3 is 15.3 Å². The summed E-state index contributed by atoms with van der Waals surface area (Å²) >= 11 is 3.40. The molecule has 2 amide bonds. The van der Waals surface area contributed by atoms with Gasteiger partial charge in [0.2, 0.25) is 0 Å². The molecular formula is C29H31BrClN3O3. The summed E-state index contributed by atoms with van der Waals surface area (Å²) in [6, 6.07) is 21.5. The zero-order valence-electron chi connectivity index (χ0n) is 20.5. The topological polar surface area (TPSA) is 72.9 Å². The molecule has 0 radical (unpaired) electrons. The summed E-state index contributed by atoms with van der Waals surface area (Å²) in [6.45, 7) is 3.63. The van der Waals surface area contributed by atoms with E-state index in [1.54, 1.807) is 6.07 Å². The van der Waals surface area contributed by atoms with Crippen LogP contribution in [-0.4, -0.2) is 59.0 Å². The van der Waals surface area contributed by atoms with Crippen LogP contribution in [0.2, 0.25) is 0 Å². The average Bonchev–Trinajstić information content (AvgIpc) is 2.91. The number of carbonyl (C=O) groups is 2. The second-order valence-electron chi connectivity index (χ2n) is 9.58. The first-order valence-electron chi connectivity index (χ1n) is 12.4. The maximum atomic E-state index is 12.9. The molecule has 0 saturated heterocycles. The lowest BCUT2D eigenvalue weighted by atomic mass is 9.96. The highest BCUT2D eigenvalue weighted by Crippen LogP contribution is 2.23. The third-order valence-corrected chi connectivity index (χ3v) is 7.56. The summed E-state index contributed by atoms with van der Waals surface area (Å²) in [5.74, 6) is -0.171. The SMILES string of the molecule is Cl.O=C(NC[C@H](O)CN1CCc2ccccc2C1)c1ccc2c(c1)CCN(C(=O)c1ccc(Br)cc1)C2. The van der Waals surface area contributed by atoms with Gasteiger partial charge in [-0.2, -0.15) is 0 Å². The molecule has 0 bridgehead atoms. The predicted octanol–water partition coefficient (Wildman–Crippen LogP) is 4.22. The van der Waals surface area contributed by atoms with Crippen molar-refractivity contribution < 1.29 is 14.7 Å². The van der Waals surface area contributed by atoms with E-state index in [9.17, 15) is 14.7 Å². The maximum Gasteiger partial charge on any atom is 0.254 e. The first-order chi connectivity index (χ1) is 17.5. The van der Waals surface area contributed by atoms with Crippen molar-refractivity contribution in [2.45, 2.75) is 32.0 Å². The van der Waals surface area contributed by atoms with Crippen molar-refractivity contribution in [3.05, 3.63) is 105 Å². The Morgan fingerprint density at radius 2 is 1.54 bits per heavy atom. The van der Waals surface area contributed by atoms with Crippen molar-refractivity contribution >= 4 is 40.2 Å². The van der Waals surface area contributed by atoms with Gasteiger partial charge in [-0.15, -0.1) is 12.4 Å². The molecule has 0 saturated carbocycles. The summed E-state index contributed by atoms with van der Waals surface area (Å²) in [4.78, 5) is 29.7. The number of nitrogens with one attached hydrogen (secondary N) is 1. The Kier molecular flexibility index (Phi) is 9.03. The number of halogens is 2. The molecule has 2 aliphatic rings. The number of carbonyl (C=O) groups excluding carboxylic acids is 2. The van der Waals surface area contributed by atoms with Gasteiger partial charge in [-0.05, 0) is 71.5 Å². The number of aliphatic hydroxyl groups is 1. The first kappa shape index (κ1) is 27.3.